The molecule has 1 N–H and O–H groups in total. The van der Waals surface area contributed by atoms with Crippen LogP contribution in [0.5, 0.6) is 0 Å². The number of carbonyl (C=O) groups is 1. The van der Waals surface area contributed by atoms with Gasteiger partial charge in [-0.15, -0.1) is 10.2 Å². The number of rotatable bonds is 0. The average Bonchev–Trinajstić information content (AvgIpc) is 2.55. The maximum atomic E-state index is 11.7. The number of carbonyl (C=O) groups excluding carboxylic acids is 1. The van der Waals surface area contributed by atoms with Gasteiger partial charge in [0.25, 0.3) is 0 Å². The molecule has 0 unspecified atom stereocenters. The van der Waals surface area contributed by atoms with Crippen LogP contribution >= 0.6 is 11.6 Å². The van der Waals surface area contributed by atoms with Crippen LogP contribution in [0.15, 0.2) is 18.2 Å². The molecule has 0 aliphatic carbocycles. The zero-order valence-corrected chi connectivity index (χ0v) is 9.82. The molecule has 2 aromatic rings. The van der Waals surface area contributed by atoms with Gasteiger partial charge in [0, 0.05) is 5.02 Å². The quantitative estimate of drug-likeness (QED) is 0.772. The number of hydrogen-bond donors (Lipinski definition) is 1. The van der Waals surface area contributed by atoms with Crippen LogP contribution in [0.1, 0.15) is 11.6 Å². The molecule has 5 nitrogen and oxygen atoms in total. The summed E-state index contributed by atoms with van der Waals surface area (Å²) in [7, 11) is 0. The fourth-order valence-corrected chi connectivity index (χ4v) is 2.15. The third-order valence-corrected chi connectivity index (χ3v) is 2.92. The van der Waals surface area contributed by atoms with Crippen molar-refractivity contribution in [1.82, 2.24) is 14.8 Å². The molecule has 1 aromatic carbocycles. The molecule has 0 saturated carbocycles. The van der Waals surface area contributed by atoms with Crippen LogP contribution in [-0.2, 0) is 11.2 Å². The lowest BCUT2D eigenvalue weighted by atomic mass is 10.2. The van der Waals surface area contributed by atoms with Gasteiger partial charge in [-0.05, 0) is 25.1 Å². The number of halogens is 1. The van der Waals surface area contributed by atoms with E-state index in [2.05, 4.69) is 15.5 Å². The summed E-state index contributed by atoms with van der Waals surface area (Å²) in [6.07, 6.45) is 0.215. The highest BCUT2D eigenvalue weighted by atomic mass is 35.5. The van der Waals surface area contributed by atoms with Gasteiger partial charge in [-0.3, -0.25) is 9.36 Å². The maximum Gasteiger partial charge on any atom is 0.232 e. The topological polar surface area (TPSA) is 59.8 Å². The van der Waals surface area contributed by atoms with Crippen LogP contribution in [0.4, 0.5) is 5.69 Å². The molecule has 0 atom stereocenters. The highest BCUT2D eigenvalue weighted by Gasteiger charge is 2.21. The number of amides is 1. The largest absolute Gasteiger partial charge is 0.324 e. The summed E-state index contributed by atoms with van der Waals surface area (Å²) < 4.78 is 1.86. The summed E-state index contributed by atoms with van der Waals surface area (Å²) in [5, 5.41) is 11.4. The summed E-state index contributed by atoms with van der Waals surface area (Å²) in [4.78, 5) is 11.7. The molecule has 1 amide bonds. The number of nitrogens with zero attached hydrogens (tertiary/aromatic N) is 3. The number of aromatic nitrogens is 3. The molecular formula is C11H9ClN4O. The second kappa shape index (κ2) is 3.56. The molecule has 86 valence electrons. The number of benzene rings is 1. The zero-order chi connectivity index (χ0) is 12.0. The molecule has 3 rings (SSSR count). The van der Waals surface area contributed by atoms with Crippen molar-refractivity contribution in [3.8, 4) is 5.69 Å². The van der Waals surface area contributed by atoms with Crippen molar-refractivity contribution in [3.05, 3.63) is 34.9 Å². The Labute approximate surface area is 102 Å². The SMILES string of the molecule is Cc1nnc2n1-c1ccc(Cl)cc1NC(=O)C2. The molecular weight excluding hydrogens is 240 g/mol. The molecule has 2 heterocycles. The zero-order valence-electron chi connectivity index (χ0n) is 9.07. The predicted octanol–water partition coefficient (Wildman–Crippen LogP) is 1.72. The first-order chi connectivity index (χ1) is 8.15. The van der Waals surface area contributed by atoms with Gasteiger partial charge in [-0.25, -0.2) is 0 Å². The van der Waals surface area contributed by atoms with E-state index in [9.17, 15) is 4.79 Å². The number of hydrogen-bond acceptors (Lipinski definition) is 3. The summed E-state index contributed by atoms with van der Waals surface area (Å²) in [5.74, 6) is 1.28. The van der Waals surface area contributed by atoms with Gasteiger partial charge in [0.05, 0.1) is 17.8 Å². The number of aryl methyl sites for hydroxylation is 1. The first kappa shape index (κ1) is 10.3. The summed E-state index contributed by atoms with van der Waals surface area (Å²) in [5.41, 5.74) is 1.53. The fraction of sp³-hybridized carbons (Fsp3) is 0.182. The summed E-state index contributed by atoms with van der Waals surface area (Å²) in [6, 6.07) is 5.35. The first-order valence-electron chi connectivity index (χ1n) is 5.16. The Morgan fingerprint density at radius 3 is 3.06 bits per heavy atom. The minimum Gasteiger partial charge on any atom is -0.324 e. The van der Waals surface area contributed by atoms with E-state index in [-0.39, 0.29) is 12.3 Å². The van der Waals surface area contributed by atoms with Crippen LogP contribution in [0, 0.1) is 6.92 Å². The molecule has 0 saturated heterocycles. The minimum atomic E-state index is -0.111. The summed E-state index contributed by atoms with van der Waals surface area (Å²) >= 11 is 5.93. The summed E-state index contributed by atoms with van der Waals surface area (Å²) in [6.45, 7) is 1.85. The van der Waals surface area contributed by atoms with Crippen LogP contribution in [0.3, 0.4) is 0 Å². The molecule has 1 aliphatic heterocycles. The van der Waals surface area contributed by atoms with E-state index in [0.717, 1.165) is 11.5 Å². The highest BCUT2D eigenvalue weighted by molar-refractivity contribution is 6.31. The number of fused-ring (bicyclic) bond motifs is 3. The maximum absolute atomic E-state index is 11.7. The molecule has 0 radical (unpaired) electrons. The third-order valence-electron chi connectivity index (χ3n) is 2.68. The van der Waals surface area contributed by atoms with Gasteiger partial charge < -0.3 is 5.32 Å². The Morgan fingerprint density at radius 2 is 2.24 bits per heavy atom. The molecule has 0 fully saturated rings. The van der Waals surface area contributed by atoms with Crippen LogP contribution in [-0.4, -0.2) is 20.7 Å². The van der Waals surface area contributed by atoms with Crippen LogP contribution < -0.4 is 5.32 Å². The van der Waals surface area contributed by atoms with Crippen molar-refractivity contribution < 1.29 is 4.79 Å². The van der Waals surface area contributed by atoms with Gasteiger partial charge >= 0.3 is 0 Å². The normalized spacial score (nSPS) is 13.6. The third kappa shape index (κ3) is 1.59. The molecule has 1 aromatic heterocycles. The van der Waals surface area contributed by atoms with E-state index >= 15 is 0 Å². The minimum absolute atomic E-state index is 0.111. The Bertz CT molecular complexity index is 620. The number of nitrogens with one attached hydrogen (secondary N) is 1. The lowest BCUT2D eigenvalue weighted by molar-refractivity contribution is -0.115. The Hall–Kier alpha value is -1.88. The highest BCUT2D eigenvalue weighted by Crippen LogP contribution is 2.28. The Balaban J connectivity index is 2.32. The van der Waals surface area contributed by atoms with Gasteiger partial charge in [0.2, 0.25) is 5.91 Å². The Kier molecular flexibility index (Phi) is 2.16. The molecule has 1 aliphatic rings. The lowest BCUT2D eigenvalue weighted by Gasteiger charge is -2.09. The van der Waals surface area contributed by atoms with Gasteiger partial charge in [-0.2, -0.15) is 0 Å². The van der Waals surface area contributed by atoms with E-state index in [4.69, 9.17) is 11.6 Å². The number of anilines is 1. The van der Waals surface area contributed by atoms with E-state index in [1.807, 2.05) is 17.6 Å². The van der Waals surface area contributed by atoms with E-state index < -0.39 is 0 Å². The van der Waals surface area contributed by atoms with E-state index in [1.54, 1.807) is 12.1 Å². The lowest BCUT2D eigenvalue weighted by Crippen LogP contribution is -2.13. The van der Waals surface area contributed by atoms with Crippen molar-refractivity contribution in [3.63, 3.8) is 0 Å². The van der Waals surface area contributed by atoms with Crippen LogP contribution in [0.25, 0.3) is 5.69 Å². The fourth-order valence-electron chi connectivity index (χ4n) is 1.98. The average molecular weight is 249 g/mol. The van der Waals surface area contributed by atoms with Crippen molar-refractivity contribution >= 4 is 23.2 Å². The van der Waals surface area contributed by atoms with Crippen LogP contribution in [0.2, 0.25) is 5.02 Å². The van der Waals surface area contributed by atoms with E-state index in [0.29, 0.717) is 16.5 Å². The van der Waals surface area contributed by atoms with Crippen molar-refractivity contribution in [1.29, 1.82) is 0 Å². The molecule has 0 bridgehead atoms. The molecule has 17 heavy (non-hydrogen) atoms. The van der Waals surface area contributed by atoms with Gasteiger partial charge in [0.1, 0.15) is 11.6 Å². The Morgan fingerprint density at radius 1 is 1.41 bits per heavy atom. The van der Waals surface area contributed by atoms with Crippen molar-refractivity contribution in [2.45, 2.75) is 13.3 Å². The second-order valence-corrected chi connectivity index (χ2v) is 4.32. The predicted molar refractivity (Wildman–Crippen MR) is 63.4 cm³/mol. The standard InChI is InChI=1S/C11H9ClN4O/c1-6-14-15-10-5-11(17)13-8-4-7(12)2-3-9(8)16(6)10/h2-4H,5H2,1H3,(H,13,17). The van der Waals surface area contributed by atoms with Gasteiger partial charge in [-0.1, -0.05) is 11.6 Å². The monoisotopic (exact) mass is 248 g/mol. The first-order valence-corrected chi connectivity index (χ1v) is 5.53. The molecule has 0 spiro atoms. The second-order valence-electron chi connectivity index (χ2n) is 3.89. The van der Waals surface area contributed by atoms with Crippen molar-refractivity contribution in [2.75, 3.05) is 5.32 Å². The smallest absolute Gasteiger partial charge is 0.232 e. The molecule has 6 heteroatoms. The van der Waals surface area contributed by atoms with E-state index in [1.165, 1.54) is 0 Å². The van der Waals surface area contributed by atoms with Gasteiger partial charge in [0.15, 0.2) is 0 Å². The van der Waals surface area contributed by atoms with Crippen molar-refractivity contribution in [2.24, 2.45) is 0 Å².